The molecular weight excluding hydrogens is 422 g/mol. The molecule has 0 spiro atoms. The Morgan fingerprint density at radius 1 is 1.03 bits per heavy atom. The summed E-state index contributed by atoms with van der Waals surface area (Å²) in [6.45, 7) is 3.41. The van der Waals surface area contributed by atoms with E-state index in [4.69, 9.17) is 18.9 Å². The van der Waals surface area contributed by atoms with Gasteiger partial charge in [-0.2, -0.15) is 0 Å². The summed E-state index contributed by atoms with van der Waals surface area (Å²) in [5.74, 6) is -0.531. The summed E-state index contributed by atoms with van der Waals surface area (Å²) in [4.78, 5) is 12.0. The standard InChI is InChI=1S/C22H25NO7S/c1-14-8-10-17(11-9-14)31(25,26)23-18-12-27-19-13-28-22(16-6-4-3-5-7-16)30-21(19)20(18)29-15(2)24/h3-11,18-23H,12-13H2,1-2H3/t18-,19+,20+,21+,22+/m0/s1. The molecule has 0 bridgehead atoms. The highest BCUT2D eigenvalue weighted by molar-refractivity contribution is 7.89. The number of benzene rings is 2. The van der Waals surface area contributed by atoms with Crippen molar-refractivity contribution < 1.29 is 32.2 Å². The molecule has 2 fully saturated rings. The second-order valence-electron chi connectivity index (χ2n) is 7.66. The summed E-state index contributed by atoms with van der Waals surface area (Å²) in [6.07, 6.45) is -2.71. The smallest absolute Gasteiger partial charge is 0.303 e. The molecule has 0 amide bonds. The third kappa shape index (κ3) is 4.97. The molecule has 4 rings (SSSR count). The zero-order valence-electron chi connectivity index (χ0n) is 17.3. The number of carbonyl (C=O) groups is 1. The first-order chi connectivity index (χ1) is 14.8. The zero-order valence-corrected chi connectivity index (χ0v) is 18.1. The maximum absolute atomic E-state index is 12.9. The van der Waals surface area contributed by atoms with Crippen molar-refractivity contribution in [1.29, 1.82) is 0 Å². The molecular formula is C22H25NO7S. The van der Waals surface area contributed by atoms with Gasteiger partial charge in [-0.15, -0.1) is 0 Å². The molecule has 2 aromatic carbocycles. The Balaban J connectivity index is 1.57. The van der Waals surface area contributed by atoms with Crippen molar-refractivity contribution in [1.82, 2.24) is 4.72 Å². The Hall–Kier alpha value is -2.30. The molecule has 2 heterocycles. The number of ether oxygens (including phenoxy) is 4. The maximum Gasteiger partial charge on any atom is 0.303 e. The molecule has 166 valence electrons. The van der Waals surface area contributed by atoms with Gasteiger partial charge in [0.15, 0.2) is 6.29 Å². The van der Waals surface area contributed by atoms with E-state index in [-0.39, 0.29) is 18.1 Å². The van der Waals surface area contributed by atoms with Crippen LogP contribution in [-0.4, -0.2) is 52.0 Å². The largest absolute Gasteiger partial charge is 0.458 e. The van der Waals surface area contributed by atoms with Crippen LogP contribution < -0.4 is 4.72 Å². The van der Waals surface area contributed by atoms with Crippen LogP contribution in [0.1, 0.15) is 24.3 Å². The van der Waals surface area contributed by atoms with Crippen LogP contribution in [-0.2, 0) is 33.8 Å². The van der Waals surface area contributed by atoms with E-state index in [1.807, 2.05) is 37.3 Å². The third-order valence-electron chi connectivity index (χ3n) is 5.28. The van der Waals surface area contributed by atoms with Gasteiger partial charge in [-0.05, 0) is 19.1 Å². The van der Waals surface area contributed by atoms with Gasteiger partial charge in [-0.1, -0.05) is 48.0 Å². The predicted molar refractivity (Wildman–Crippen MR) is 111 cm³/mol. The Morgan fingerprint density at radius 2 is 1.74 bits per heavy atom. The van der Waals surface area contributed by atoms with Gasteiger partial charge in [0, 0.05) is 12.5 Å². The first kappa shape index (κ1) is 21.9. The molecule has 0 unspecified atom stereocenters. The zero-order chi connectivity index (χ0) is 22.0. The van der Waals surface area contributed by atoms with Crippen LogP contribution in [0.25, 0.3) is 0 Å². The number of carbonyl (C=O) groups excluding carboxylic acids is 1. The minimum absolute atomic E-state index is 0.0208. The number of fused-ring (bicyclic) bond motifs is 1. The highest BCUT2D eigenvalue weighted by Gasteiger charge is 2.48. The molecule has 0 aliphatic carbocycles. The van der Waals surface area contributed by atoms with Crippen LogP contribution in [0.15, 0.2) is 59.5 Å². The van der Waals surface area contributed by atoms with Gasteiger partial charge < -0.3 is 18.9 Å². The summed E-state index contributed by atoms with van der Waals surface area (Å²) in [5.41, 5.74) is 1.76. The molecule has 2 aromatic rings. The predicted octanol–water partition coefficient (Wildman–Crippen LogP) is 2.09. The highest BCUT2D eigenvalue weighted by atomic mass is 32.2. The molecule has 2 aliphatic heterocycles. The molecule has 0 radical (unpaired) electrons. The fourth-order valence-corrected chi connectivity index (χ4v) is 4.97. The Morgan fingerprint density at radius 3 is 2.42 bits per heavy atom. The van der Waals surface area contributed by atoms with E-state index in [1.165, 1.54) is 19.1 Å². The average molecular weight is 448 g/mol. The van der Waals surface area contributed by atoms with Gasteiger partial charge >= 0.3 is 5.97 Å². The highest BCUT2D eigenvalue weighted by Crippen LogP contribution is 2.33. The topological polar surface area (TPSA) is 100 Å². The number of rotatable bonds is 5. The number of nitrogens with one attached hydrogen (secondary N) is 1. The minimum Gasteiger partial charge on any atom is -0.458 e. The van der Waals surface area contributed by atoms with Gasteiger partial charge in [0.05, 0.1) is 24.2 Å². The van der Waals surface area contributed by atoms with Crippen molar-refractivity contribution in [2.75, 3.05) is 13.2 Å². The SMILES string of the molecule is CC(=O)O[C@H]1[C@@H]2O[C@H](c3ccccc3)OC[C@H]2OC[C@@H]1NS(=O)(=O)c1ccc(C)cc1. The van der Waals surface area contributed by atoms with Crippen LogP contribution in [0.5, 0.6) is 0 Å². The van der Waals surface area contributed by atoms with Gasteiger partial charge in [-0.3, -0.25) is 4.79 Å². The first-order valence-corrected chi connectivity index (χ1v) is 11.5. The van der Waals surface area contributed by atoms with Crippen LogP contribution in [0.4, 0.5) is 0 Å². The molecule has 8 nitrogen and oxygen atoms in total. The normalized spacial score (nSPS) is 28.5. The Kier molecular flexibility index (Phi) is 6.40. The van der Waals surface area contributed by atoms with Crippen molar-refractivity contribution in [3.8, 4) is 0 Å². The van der Waals surface area contributed by atoms with Gasteiger partial charge in [0.2, 0.25) is 10.0 Å². The van der Waals surface area contributed by atoms with E-state index in [2.05, 4.69) is 4.72 Å². The lowest BCUT2D eigenvalue weighted by Crippen LogP contribution is -2.63. The lowest BCUT2D eigenvalue weighted by atomic mass is 9.97. The molecule has 0 aromatic heterocycles. The van der Waals surface area contributed by atoms with Crippen LogP contribution in [0, 0.1) is 6.92 Å². The van der Waals surface area contributed by atoms with Crippen LogP contribution in [0.3, 0.4) is 0 Å². The second-order valence-corrected chi connectivity index (χ2v) is 9.38. The third-order valence-corrected chi connectivity index (χ3v) is 6.79. The van der Waals surface area contributed by atoms with E-state index in [1.54, 1.807) is 12.1 Å². The Labute approximate surface area is 181 Å². The lowest BCUT2D eigenvalue weighted by Gasteiger charge is -2.45. The quantitative estimate of drug-likeness (QED) is 0.701. The summed E-state index contributed by atoms with van der Waals surface area (Å²) < 4.78 is 51.7. The molecule has 2 saturated heterocycles. The summed E-state index contributed by atoms with van der Waals surface area (Å²) in [7, 11) is -3.86. The maximum atomic E-state index is 12.9. The van der Waals surface area contributed by atoms with Crippen molar-refractivity contribution in [2.24, 2.45) is 0 Å². The Bertz CT molecular complexity index is 1010. The monoisotopic (exact) mass is 447 g/mol. The van der Waals surface area contributed by atoms with E-state index in [9.17, 15) is 13.2 Å². The number of hydrogen-bond acceptors (Lipinski definition) is 7. The number of esters is 1. The van der Waals surface area contributed by atoms with Gasteiger partial charge in [0.25, 0.3) is 0 Å². The molecule has 0 saturated carbocycles. The average Bonchev–Trinajstić information content (AvgIpc) is 2.75. The van der Waals surface area contributed by atoms with Crippen molar-refractivity contribution in [2.45, 2.75) is 49.4 Å². The number of sulfonamides is 1. The van der Waals surface area contributed by atoms with E-state index in [0.717, 1.165) is 11.1 Å². The van der Waals surface area contributed by atoms with Gasteiger partial charge in [-0.25, -0.2) is 13.1 Å². The van der Waals surface area contributed by atoms with Crippen molar-refractivity contribution >= 4 is 16.0 Å². The molecule has 9 heteroatoms. The summed E-state index contributed by atoms with van der Waals surface area (Å²) in [5, 5.41) is 0. The van der Waals surface area contributed by atoms with Gasteiger partial charge in [0.1, 0.15) is 18.3 Å². The number of aryl methyl sites for hydroxylation is 1. The summed E-state index contributed by atoms with van der Waals surface area (Å²) >= 11 is 0. The van der Waals surface area contributed by atoms with E-state index in [0.29, 0.717) is 0 Å². The van der Waals surface area contributed by atoms with Crippen molar-refractivity contribution in [3.63, 3.8) is 0 Å². The first-order valence-electron chi connectivity index (χ1n) is 10.0. The van der Waals surface area contributed by atoms with E-state index < -0.39 is 46.6 Å². The molecule has 1 N–H and O–H groups in total. The molecule has 31 heavy (non-hydrogen) atoms. The summed E-state index contributed by atoms with van der Waals surface area (Å²) in [6, 6.07) is 15.0. The number of hydrogen-bond donors (Lipinski definition) is 1. The lowest BCUT2D eigenvalue weighted by molar-refractivity contribution is -0.304. The van der Waals surface area contributed by atoms with Crippen molar-refractivity contribution in [3.05, 3.63) is 65.7 Å². The fraction of sp³-hybridized carbons (Fsp3) is 0.409. The second kappa shape index (κ2) is 9.05. The molecule has 5 atom stereocenters. The van der Waals surface area contributed by atoms with Crippen LogP contribution in [0.2, 0.25) is 0 Å². The molecule has 2 aliphatic rings. The van der Waals surface area contributed by atoms with E-state index >= 15 is 0 Å². The van der Waals surface area contributed by atoms with Crippen LogP contribution >= 0.6 is 0 Å². The minimum atomic E-state index is -3.86. The fourth-order valence-electron chi connectivity index (χ4n) is 3.74.